The molecular formula is C19H18Cl4N2O3S. The zero-order valence-corrected chi connectivity index (χ0v) is 19.0. The molecule has 0 saturated carbocycles. The van der Waals surface area contributed by atoms with E-state index in [0.717, 1.165) is 0 Å². The zero-order chi connectivity index (χ0) is 21.2. The number of amides is 1. The Kier molecular flexibility index (Phi) is 7.36. The molecular weight excluding hydrogens is 478 g/mol. The van der Waals surface area contributed by atoms with Gasteiger partial charge >= 0.3 is 0 Å². The summed E-state index contributed by atoms with van der Waals surface area (Å²) in [6.45, 7) is 0.508. The molecule has 1 aliphatic heterocycles. The second kappa shape index (κ2) is 9.41. The van der Waals surface area contributed by atoms with Gasteiger partial charge in [0, 0.05) is 40.3 Å². The molecule has 1 N–H and O–H groups in total. The van der Waals surface area contributed by atoms with Crippen LogP contribution < -0.4 is 5.32 Å². The predicted molar refractivity (Wildman–Crippen MR) is 118 cm³/mol. The van der Waals surface area contributed by atoms with Crippen molar-refractivity contribution in [2.75, 3.05) is 18.4 Å². The molecule has 1 heterocycles. The highest BCUT2D eigenvalue weighted by Crippen LogP contribution is 2.30. The summed E-state index contributed by atoms with van der Waals surface area (Å²) in [7, 11) is -3.60. The van der Waals surface area contributed by atoms with Crippen molar-refractivity contribution >= 4 is 68.0 Å². The van der Waals surface area contributed by atoms with Gasteiger partial charge in [0.05, 0.1) is 15.8 Å². The van der Waals surface area contributed by atoms with E-state index >= 15 is 0 Å². The van der Waals surface area contributed by atoms with E-state index in [1.807, 2.05) is 0 Å². The lowest BCUT2D eigenvalue weighted by Crippen LogP contribution is -2.41. The van der Waals surface area contributed by atoms with Gasteiger partial charge in [-0.25, -0.2) is 12.7 Å². The minimum atomic E-state index is -3.60. The summed E-state index contributed by atoms with van der Waals surface area (Å²) in [5, 5.41) is 4.19. The Bertz CT molecular complexity index is 1000. The van der Waals surface area contributed by atoms with Gasteiger partial charge in [-0.2, -0.15) is 0 Å². The van der Waals surface area contributed by atoms with Crippen molar-refractivity contribution in [1.82, 2.24) is 4.31 Å². The number of piperidine rings is 1. The molecule has 2 aromatic carbocycles. The SMILES string of the molecule is O=C(Nc1ccc(Cl)c(Cl)c1)C1CCN(S(=O)(=O)Cc2c(Cl)cccc2Cl)CC1. The van der Waals surface area contributed by atoms with Gasteiger partial charge in [0.1, 0.15) is 0 Å². The van der Waals surface area contributed by atoms with E-state index in [1.54, 1.807) is 36.4 Å². The number of hydrogen-bond donors (Lipinski definition) is 1. The van der Waals surface area contributed by atoms with E-state index in [-0.39, 0.29) is 30.7 Å². The summed E-state index contributed by atoms with van der Waals surface area (Å²) in [6, 6.07) is 9.73. The number of hydrogen-bond acceptors (Lipinski definition) is 3. The van der Waals surface area contributed by atoms with Crippen molar-refractivity contribution in [2.24, 2.45) is 5.92 Å². The molecule has 2 aromatic rings. The maximum atomic E-state index is 12.8. The fourth-order valence-electron chi connectivity index (χ4n) is 3.16. The maximum absolute atomic E-state index is 12.8. The van der Waals surface area contributed by atoms with E-state index < -0.39 is 10.0 Å². The lowest BCUT2D eigenvalue weighted by molar-refractivity contribution is -0.120. The van der Waals surface area contributed by atoms with Crippen LogP contribution in [0, 0.1) is 5.92 Å². The smallest absolute Gasteiger partial charge is 0.227 e. The molecule has 1 aliphatic rings. The second-order valence-corrected chi connectivity index (χ2v) is 10.3. The highest BCUT2D eigenvalue weighted by Gasteiger charge is 2.32. The highest BCUT2D eigenvalue weighted by atomic mass is 35.5. The molecule has 0 aliphatic carbocycles. The number of nitrogens with zero attached hydrogens (tertiary/aromatic N) is 1. The second-order valence-electron chi connectivity index (χ2n) is 6.75. The molecule has 3 rings (SSSR count). The Morgan fingerprint density at radius 3 is 2.17 bits per heavy atom. The molecule has 0 aromatic heterocycles. The Balaban J connectivity index is 1.60. The third kappa shape index (κ3) is 5.57. The van der Waals surface area contributed by atoms with Crippen molar-refractivity contribution < 1.29 is 13.2 Å². The minimum Gasteiger partial charge on any atom is -0.326 e. The Morgan fingerprint density at radius 1 is 0.966 bits per heavy atom. The first-order valence-electron chi connectivity index (χ1n) is 8.84. The van der Waals surface area contributed by atoms with Crippen LogP contribution in [-0.4, -0.2) is 31.7 Å². The number of sulfonamides is 1. The third-order valence-corrected chi connectivity index (χ3v) is 8.05. The van der Waals surface area contributed by atoms with Crippen LogP contribution in [-0.2, 0) is 20.6 Å². The van der Waals surface area contributed by atoms with Gasteiger partial charge in [0.25, 0.3) is 0 Å². The first-order valence-corrected chi connectivity index (χ1v) is 12.0. The van der Waals surface area contributed by atoms with Gasteiger partial charge in [-0.05, 0) is 43.2 Å². The normalized spacial score (nSPS) is 16.0. The Labute approximate surface area is 189 Å². The number of nitrogens with one attached hydrogen (secondary N) is 1. The van der Waals surface area contributed by atoms with Gasteiger partial charge in [-0.1, -0.05) is 52.5 Å². The van der Waals surface area contributed by atoms with Crippen LogP contribution in [0.15, 0.2) is 36.4 Å². The van der Waals surface area contributed by atoms with Crippen LogP contribution in [0.2, 0.25) is 20.1 Å². The topological polar surface area (TPSA) is 66.5 Å². The van der Waals surface area contributed by atoms with Gasteiger partial charge in [0.15, 0.2) is 0 Å². The maximum Gasteiger partial charge on any atom is 0.227 e. The standard InChI is InChI=1S/C19H18Cl4N2O3S/c20-15-2-1-3-16(21)14(15)11-29(27,28)25-8-6-12(7-9-25)19(26)24-13-4-5-17(22)18(23)10-13/h1-5,10,12H,6-9,11H2,(H,24,26). The molecule has 1 fully saturated rings. The van der Waals surface area contributed by atoms with Crippen molar-refractivity contribution in [3.63, 3.8) is 0 Å². The monoisotopic (exact) mass is 494 g/mol. The summed E-state index contributed by atoms with van der Waals surface area (Å²) < 4.78 is 26.9. The quantitative estimate of drug-likeness (QED) is 0.597. The lowest BCUT2D eigenvalue weighted by atomic mass is 9.97. The number of anilines is 1. The predicted octanol–water partition coefficient (Wildman–Crippen LogP) is 5.48. The van der Waals surface area contributed by atoms with E-state index in [9.17, 15) is 13.2 Å². The largest absolute Gasteiger partial charge is 0.326 e. The van der Waals surface area contributed by atoms with Crippen molar-refractivity contribution in [3.8, 4) is 0 Å². The molecule has 5 nitrogen and oxygen atoms in total. The fraction of sp³-hybridized carbons (Fsp3) is 0.316. The molecule has 0 unspecified atom stereocenters. The van der Waals surface area contributed by atoms with Gasteiger partial charge in [-0.15, -0.1) is 0 Å². The number of carbonyl (C=O) groups is 1. The fourth-order valence-corrected chi connectivity index (χ4v) is 5.77. The first-order chi connectivity index (χ1) is 13.7. The van der Waals surface area contributed by atoms with Crippen molar-refractivity contribution in [3.05, 3.63) is 62.1 Å². The van der Waals surface area contributed by atoms with Crippen LogP contribution in [0.4, 0.5) is 5.69 Å². The van der Waals surface area contributed by atoms with E-state index in [4.69, 9.17) is 46.4 Å². The number of rotatable bonds is 5. The Hall–Kier alpha value is -1.02. The average Bonchev–Trinajstić information content (AvgIpc) is 2.68. The van der Waals surface area contributed by atoms with Crippen LogP contribution in [0.3, 0.4) is 0 Å². The third-order valence-electron chi connectivity index (χ3n) is 4.79. The lowest BCUT2D eigenvalue weighted by Gasteiger charge is -2.30. The van der Waals surface area contributed by atoms with Crippen LogP contribution in [0.25, 0.3) is 0 Å². The summed E-state index contributed by atoms with van der Waals surface area (Å²) in [5.41, 5.74) is 0.933. The van der Waals surface area contributed by atoms with Gasteiger partial charge < -0.3 is 5.32 Å². The summed E-state index contributed by atoms with van der Waals surface area (Å²) >= 11 is 24.0. The molecule has 1 amide bonds. The Morgan fingerprint density at radius 2 is 1.59 bits per heavy atom. The molecule has 0 spiro atoms. The number of carbonyl (C=O) groups excluding carboxylic acids is 1. The summed E-state index contributed by atoms with van der Waals surface area (Å²) in [5.74, 6) is -0.736. The van der Waals surface area contributed by atoms with E-state index in [2.05, 4.69) is 5.32 Å². The molecule has 29 heavy (non-hydrogen) atoms. The number of halogens is 4. The molecule has 0 atom stereocenters. The highest BCUT2D eigenvalue weighted by molar-refractivity contribution is 7.88. The van der Waals surface area contributed by atoms with Crippen molar-refractivity contribution in [2.45, 2.75) is 18.6 Å². The van der Waals surface area contributed by atoms with Gasteiger partial charge in [-0.3, -0.25) is 4.79 Å². The molecule has 10 heteroatoms. The van der Waals surface area contributed by atoms with Gasteiger partial charge in [0.2, 0.25) is 15.9 Å². The average molecular weight is 496 g/mol. The molecule has 0 radical (unpaired) electrons. The molecule has 1 saturated heterocycles. The van der Waals surface area contributed by atoms with Crippen LogP contribution >= 0.6 is 46.4 Å². The van der Waals surface area contributed by atoms with E-state index in [0.29, 0.717) is 44.2 Å². The molecule has 0 bridgehead atoms. The zero-order valence-electron chi connectivity index (χ0n) is 15.2. The summed E-state index contributed by atoms with van der Waals surface area (Å²) in [6.07, 6.45) is 0.839. The summed E-state index contributed by atoms with van der Waals surface area (Å²) in [4.78, 5) is 12.5. The molecule has 156 valence electrons. The van der Waals surface area contributed by atoms with Crippen LogP contribution in [0.5, 0.6) is 0 Å². The van der Waals surface area contributed by atoms with Crippen LogP contribution in [0.1, 0.15) is 18.4 Å². The minimum absolute atomic E-state index is 0.172. The number of benzene rings is 2. The van der Waals surface area contributed by atoms with Crippen molar-refractivity contribution in [1.29, 1.82) is 0 Å². The first kappa shape index (κ1) is 22.7. The van der Waals surface area contributed by atoms with E-state index in [1.165, 1.54) is 4.31 Å².